The van der Waals surface area contributed by atoms with Gasteiger partial charge in [0.15, 0.2) is 0 Å². The SMILES string of the molecule is Cc1cccc(C(O)c2ccc(Br)c3ccccc23)c1I. The summed E-state index contributed by atoms with van der Waals surface area (Å²) in [4.78, 5) is 0. The Hall–Kier alpha value is -0.910. The highest BCUT2D eigenvalue weighted by molar-refractivity contribution is 14.1. The number of hydrogen-bond acceptors (Lipinski definition) is 1. The number of aryl methyl sites for hydroxylation is 1. The van der Waals surface area contributed by atoms with Crippen LogP contribution in [-0.4, -0.2) is 5.11 Å². The molecule has 0 fully saturated rings. The summed E-state index contributed by atoms with van der Waals surface area (Å²) in [6, 6.07) is 18.2. The Balaban J connectivity index is 2.21. The summed E-state index contributed by atoms with van der Waals surface area (Å²) >= 11 is 5.89. The predicted octanol–water partition coefficient (Wildman–Crippen LogP) is 5.60. The molecular weight excluding hydrogens is 439 g/mol. The minimum atomic E-state index is -0.616. The maximum Gasteiger partial charge on any atom is 0.106 e. The van der Waals surface area contributed by atoms with Gasteiger partial charge in [0.05, 0.1) is 0 Å². The molecule has 0 aliphatic heterocycles. The highest BCUT2D eigenvalue weighted by Crippen LogP contribution is 2.34. The van der Waals surface area contributed by atoms with Gasteiger partial charge >= 0.3 is 0 Å². The average molecular weight is 453 g/mol. The van der Waals surface area contributed by atoms with E-state index in [1.54, 1.807) is 0 Å². The van der Waals surface area contributed by atoms with Gasteiger partial charge in [-0.1, -0.05) is 64.5 Å². The Morgan fingerprint density at radius 2 is 1.62 bits per heavy atom. The molecule has 1 nitrogen and oxygen atoms in total. The zero-order chi connectivity index (χ0) is 15.0. The van der Waals surface area contributed by atoms with Crippen LogP contribution in [0.15, 0.2) is 59.1 Å². The minimum Gasteiger partial charge on any atom is -0.384 e. The van der Waals surface area contributed by atoms with Crippen molar-refractivity contribution in [3.63, 3.8) is 0 Å². The predicted molar refractivity (Wildman–Crippen MR) is 99.6 cm³/mol. The highest BCUT2D eigenvalue weighted by atomic mass is 127. The molecule has 0 aliphatic carbocycles. The molecule has 0 aromatic heterocycles. The van der Waals surface area contributed by atoms with Crippen molar-refractivity contribution in [2.45, 2.75) is 13.0 Å². The molecule has 0 aliphatic rings. The summed E-state index contributed by atoms with van der Waals surface area (Å²) in [5.41, 5.74) is 3.09. The Morgan fingerprint density at radius 1 is 0.905 bits per heavy atom. The first-order valence-corrected chi connectivity index (χ1v) is 8.57. The lowest BCUT2D eigenvalue weighted by atomic mass is 9.95. The summed E-state index contributed by atoms with van der Waals surface area (Å²) in [5.74, 6) is 0. The molecule has 0 heterocycles. The molecule has 106 valence electrons. The topological polar surface area (TPSA) is 20.2 Å². The molecule has 3 aromatic rings. The fourth-order valence-electron chi connectivity index (χ4n) is 2.57. The Morgan fingerprint density at radius 3 is 2.38 bits per heavy atom. The fourth-order valence-corrected chi connectivity index (χ4v) is 3.71. The van der Waals surface area contributed by atoms with Crippen LogP contribution >= 0.6 is 38.5 Å². The monoisotopic (exact) mass is 452 g/mol. The van der Waals surface area contributed by atoms with E-state index in [-0.39, 0.29) is 0 Å². The molecule has 3 heteroatoms. The van der Waals surface area contributed by atoms with Crippen LogP contribution in [0.5, 0.6) is 0 Å². The number of aliphatic hydroxyl groups excluding tert-OH is 1. The Kier molecular flexibility index (Phi) is 4.33. The van der Waals surface area contributed by atoms with Gasteiger partial charge in [0.1, 0.15) is 6.10 Å². The van der Waals surface area contributed by atoms with E-state index in [4.69, 9.17) is 0 Å². The smallest absolute Gasteiger partial charge is 0.106 e. The minimum absolute atomic E-state index is 0.616. The van der Waals surface area contributed by atoms with Crippen molar-refractivity contribution >= 4 is 49.3 Å². The van der Waals surface area contributed by atoms with Gasteiger partial charge in [0.2, 0.25) is 0 Å². The zero-order valence-corrected chi connectivity index (χ0v) is 15.2. The molecule has 1 atom stereocenters. The quantitative estimate of drug-likeness (QED) is 0.502. The van der Waals surface area contributed by atoms with Crippen LogP contribution in [0, 0.1) is 10.5 Å². The second kappa shape index (κ2) is 6.07. The highest BCUT2D eigenvalue weighted by Gasteiger charge is 2.17. The number of fused-ring (bicyclic) bond motifs is 1. The molecular formula is C18H14BrIO. The summed E-state index contributed by atoms with van der Waals surface area (Å²) in [5, 5.41) is 13.1. The zero-order valence-electron chi connectivity index (χ0n) is 11.5. The van der Waals surface area contributed by atoms with Crippen molar-refractivity contribution in [2.24, 2.45) is 0 Å². The summed E-state index contributed by atoms with van der Waals surface area (Å²) in [7, 11) is 0. The summed E-state index contributed by atoms with van der Waals surface area (Å²) in [6.45, 7) is 2.07. The van der Waals surface area contributed by atoms with Crippen LogP contribution in [0.1, 0.15) is 22.8 Å². The van der Waals surface area contributed by atoms with Crippen molar-refractivity contribution in [3.8, 4) is 0 Å². The molecule has 0 saturated heterocycles. The molecule has 0 spiro atoms. The van der Waals surface area contributed by atoms with Gasteiger partial charge in [0, 0.05) is 8.04 Å². The van der Waals surface area contributed by atoms with Gasteiger partial charge in [-0.3, -0.25) is 0 Å². The maximum absolute atomic E-state index is 10.9. The van der Waals surface area contributed by atoms with Crippen molar-refractivity contribution in [1.82, 2.24) is 0 Å². The average Bonchev–Trinajstić information content (AvgIpc) is 2.50. The number of aliphatic hydroxyl groups is 1. The van der Waals surface area contributed by atoms with Gasteiger partial charge in [-0.25, -0.2) is 0 Å². The molecule has 1 N–H and O–H groups in total. The molecule has 1 unspecified atom stereocenters. The van der Waals surface area contributed by atoms with Gasteiger partial charge < -0.3 is 5.11 Å². The largest absolute Gasteiger partial charge is 0.384 e. The van der Waals surface area contributed by atoms with Gasteiger partial charge in [-0.2, -0.15) is 0 Å². The first-order chi connectivity index (χ1) is 10.1. The van der Waals surface area contributed by atoms with Gasteiger partial charge in [-0.05, 0) is 63.0 Å². The van der Waals surface area contributed by atoms with E-state index in [1.165, 1.54) is 5.56 Å². The van der Waals surface area contributed by atoms with Crippen molar-refractivity contribution in [1.29, 1.82) is 0 Å². The van der Waals surface area contributed by atoms with Crippen LogP contribution in [-0.2, 0) is 0 Å². The standard InChI is InChI=1S/C18H14BrIO/c1-11-5-4-8-15(17(11)20)18(21)14-9-10-16(19)13-7-3-2-6-12(13)14/h2-10,18,21H,1H3. The number of halogens is 2. The third-order valence-electron chi connectivity index (χ3n) is 3.72. The number of rotatable bonds is 2. The second-order valence-corrected chi connectivity index (χ2v) is 7.00. The summed E-state index contributed by atoms with van der Waals surface area (Å²) < 4.78 is 2.17. The molecule has 0 radical (unpaired) electrons. The van der Waals surface area contributed by atoms with E-state index in [0.29, 0.717) is 0 Å². The normalized spacial score (nSPS) is 12.6. The van der Waals surface area contributed by atoms with E-state index in [2.05, 4.69) is 63.6 Å². The van der Waals surface area contributed by atoms with Gasteiger partial charge in [-0.15, -0.1) is 0 Å². The van der Waals surface area contributed by atoms with Crippen molar-refractivity contribution in [3.05, 3.63) is 79.3 Å². The van der Waals surface area contributed by atoms with E-state index >= 15 is 0 Å². The van der Waals surface area contributed by atoms with E-state index in [0.717, 1.165) is 29.9 Å². The van der Waals surface area contributed by atoms with Crippen molar-refractivity contribution in [2.75, 3.05) is 0 Å². The first kappa shape index (κ1) is 15.0. The molecule has 3 rings (SSSR count). The molecule has 21 heavy (non-hydrogen) atoms. The number of hydrogen-bond donors (Lipinski definition) is 1. The maximum atomic E-state index is 10.9. The Labute approximate surface area is 146 Å². The Bertz CT molecular complexity index is 813. The third-order valence-corrected chi connectivity index (χ3v) is 5.88. The van der Waals surface area contributed by atoms with Crippen LogP contribution in [0.3, 0.4) is 0 Å². The molecule has 3 aromatic carbocycles. The molecule has 0 saturated carbocycles. The number of benzene rings is 3. The first-order valence-electron chi connectivity index (χ1n) is 6.70. The van der Waals surface area contributed by atoms with E-state index in [1.807, 2.05) is 36.4 Å². The van der Waals surface area contributed by atoms with E-state index < -0.39 is 6.10 Å². The van der Waals surface area contributed by atoms with Crippen LogP contribution in [0.2, 0.25) is 0 Å². The molecule has 0 bridgehead atoms. The van der Waals surface area contributed by atoms with Crippen molar-refractivity contribution < 1.29 is 5.11 Å². The lowest BCUT2D eigenvalue weighted by Gasteiger charge is -2.17. The lowest BCUT2D eigenvalue weighted by Crippen LogP contribution is -2.04. The molecule has 0 amide bonds. The lowest BCUT2D eigenvalue weighted by molar-refractivity contribution is 0.221. The second-order valence-electron chi connectivity index (χ2n) is 5.06. The van der Waals surface area contributed by atoms with Gasteiger partial charge in [0.25, 0.3) is 0 Å². The fraction of sp³-hybridized carbons (Fsp3) is 0.111. The summed E-state index contributed by atoms with van der Waals surface area (Å²) in [6.07, 6.45) is -0.616. The van der Waals surface area contributed by atoms with Crippen LogP contribution < -0.4 is 0 Å². The van der Waals surface area contributed by atoms with E-state index in [9.17, 15) is 5.11 Å². The van der Waals surface area contributed by atoms with Crippen LogP contribution in [0.4, 0.5) is 0 Å². The third kappa shape index (κ3) is 2.74. The van der Waals surface area contributed by atoms with Crippen LogP contribution in [0.25, 0.3) is 10.8 Å².